The highest BCUT2D eigenvalue weighted by Crippen LogP contribution is 2.33. The lowest BCUT2D eigenvalue weighted by molar-refractivity contribution is -0.139. The lowest BCUT2D eigenvalue weighted by Gasteiger charge is -2.11. The van der Waals surface area contributed by atoms with E-state index in [0.717, 1.165) is 54.5 Å². The predicted molar refractivity (Wildman–Crippen MR) is 124 cm³/mol. The van der Waals surface area contributed by atoms with Crippen molar-refractivity contribution in [2.45, 2.75) is 44.6 Å². The minimum absolute atomic E-state index is 0.227. The number of hydrogen-bond acceptors (Lipinski definition) is 5. The number of unbranched alkanes of at least 4 members (excludes halogenated alkanes) is 4. The molecule has 0 spiro atoms. The first-order chi connectivity index (χ1) is 15.6. The van der Waals surface area contributed by atoms with E-state index in [0.29, 0.717) is 25.2 Å². The number of esters is 2. The Morgan fingerprint density at radius 1 is 0.938 bits per heavy atom. The molecule has 1 fully saturated rings. The second-order valence-electron chi connectivity index (χ2n) is 7.84. The smallest absolute Gasteiger partial charge is 0.334 e. The van der Waals surface area contributed by atoms with Gasteiger partial charge in [-0.3, -0.25) is 0 Å². The van der Waals surface area contributed by atoms with Crippen LogP contribution in [0.1, 0.15) is 50.2 Å². The molecule has 0 radical (unpaired) electrons. The Hall–Kier alpha value is -3.34. The van der Waals surface area contributed by atoms with Gasteiger partial charge in [0.15, 0.2) is 0 Å². The van der Waals surface area contributed by atoms with Gasteiger partial charge in [0.2, 0.25) is 0 Å². The van der Waals surface area contributed by atoms with Crippen LogP contribution >= 0.6 is 0 Å². The summed E-state index contributed by atoms with van der Waals surface area (Å²) < 4.78 is 16.1. The maximum absolute atomic E-state index is 11.5. The second-order valence-corrected chi connectivity index (χ2v) is 7.84. The van der Waals surface area contributed by atoms with Crippen LogP contribution in [0, 0.1) is 0 Å². The van der Waals surface area contributed by atoms with Crippen molar-refractivity contribution in [2.75, 3.05) is 13.2 Å². The zero-order chi connectivity index (χ0) is 22.8. The van der Waals surface area contributed by atoms with Crippen LogP contribution < -0.4 is 4.74 Å². The highest BCUT2D eigenvalue weighted by Gasteiger charge is 2.28. The summed E-state index contributed by atoms with van der Waals surface area (Å²) in [5.41, 5.74) is 3.72. The molecule has 0 amide bonds. The molecule has 1 saturated heterocycles. The molecule has 32 heavy (non-hydrogen) atoms. The summed E-state index contributed by atoms with van der Waals surface area (Å²) in [5, 5.41) is 0. The minimum Gasteiger partial charge on any atom is -0.494 e. The second kappa shape index (κ2) is 11.9. The fraction of sp³-hybridized carbons (Fsp3) is 0.333. The molecule has 5 nitrogen and oxygen atoms in total. The first kappa shape index (κ1) is 23.3. The molecular weight excluding hydrogens is 404 g/mol. The molecule has 1 unspecified atom stereocenters. The molecule has 0 aliphatic carbocycles. The van der Waals surface area contributed by atoms with E-state index in [9.17, 15) is 9.59 Å². The Morgan fingerprint density at radius 2 is 1.53 bits per heavy atom. The third-order valence-electron chi connectivity index (χ3n) is 5.41. The fourth-order valence-electron chi connectivity index (χ4n) is 3.54. The van der Waals surface area contributed by atoms with Crippen molar-refractivity contribution in [3.63, 3.8) is 0 Å². The van der Waals surface area contributed by atoms with Crippen molar-refractivity contribution in [2.24, 2.45) is 0 Å². The molecule has 3 rings (SSSR count). The highest BCUT2D eigenvalue weighted by atomic mass is 16.6. The van der Waals surface area contributed by atoms with E-state index in [1.807, 2.05) is 48.5 Å². The van der Waals surface area contributed by atoms with Gasteiger partial charge in [-0.1, -0.05) is 68.8 Å². The maximum atomic E-state index is 11.5. The number of cyclic esters (lactones) is 1. The van der Waals surface area contributed by atoms with Crippen molar-refractivity contribution in [1.82, 2.24) is 0 Å². The number of hydrogen-bond donors (Lipinski definition) is 0. The molecular formula is C27H30O5. The third kappa shape index (κ3) is 6.84. The van der Waals surface area contributed by atoms with Gasteiger partial charge in [-0.15, -0.1) is 0 Å². The number of carbonyl (C=O) groups excluding carboxylic acids is 2. The molecule has 0 N–H and O–H groups in total. The van der Waals surface area contributed by atoms with Crippen LogP contribution in [0.5, 0.6) is 5.75 Å². The van der Waals surface area contributed by atoms with Crippen LogP contribution in [0.15, 0.2) is 73.3 Å². The normalized spacial score (nSPS) is 15.3. The quantitative estimate of drug-likeness (QED) is 0.234. The van der Waals surface area contributed by atoms with E-state index >= 15 is 0 Å². The van der Waals surface area contributed by atoms with Gasteiger partial charge in [-0.05, 0) is 41.7 Å². The SMILES string of the molecule is C=CC(=O)OCCCCCCCOc1ccc(-c2ccc(C3CC(=C)C(=O)O3)cc2)cc1. The molecule has 1 aliphatic rings. The molecule has 168 valence electrons. The molecule has 5 heteroatoms. The van der Waals surface area contributed by atoms with E-state index in [1.54, 1.807) is 0 Å². The van der Waals surface area contributed by atoms with E-state index in [-0.39, 0.29) is 18.0 Å². The number of rotatable bonds is 12. The summed E-state index contributed by atoms with van der Waals surface area (Å²) in [6, 6.07) is 16.1. The largest absolute Gasteiger partial charge is 0.494 e. The first-order valence-corrected chi connectivity index (χ1v) is 11.1. The Bertz CT molecular complexity index is 912. The fourth-order valence-corrected chi connectivity index (χ4v) is 3.54. The molecule has 2 aromatic carbocycles. The van der Waals surface area contributed by atoms with Crippen LogP contribution in [0.4, 0.5) is 0 Å². The molecule has 0 bridgehead atoms. The van der Waals surface area contributed by atoms with Gasteiger partial charge in [0, 0.05) is 18.1 Å². The maximum Gasteiger partial charge on any atom is 0.334 e. The van der Waals surface area contributed by atoms with Gasteiger partial charge in [-0.2, -0.15) is 0 Å². The van der Waals surface area contributed by atoms with Gasteiger partial charge in [0.25, 0.3) is 0 Å². The van der Waals surface area contributed by atoms with Gasteiger partial charge >= 0.3 is 11.9 Å². The summed E-state index contributed by atoms with van der Waals surface area (Å²) >= 11 is 0. The van der Waals surface area contributed by atoms with E-state index in [2.05, 4.69) is 13.2 Å². The summed E-state index contributed by atoms with van der Waals surface area (Å²) in [4.78, 5) is 22.5. The van der Waals surface area contributed by atoms with E-state index in [1.165, 1.54) is 6.08 Å². The molecule has 0 saturated carbocycles. The lowest BCUT2D eigenvalue weighted by Crippen LogP contribution is -2.01. The molecule has 1 heterocycles. The van der Waals surface area contributed by atoms with Crippen molar-refractivity contribution in [3.8, 4) is 16.9 Å². The van der Waals surface area contributed by atoms with Gasteiger partial charge < -0.3 is 14.2 Å². The molecule has 1 atom stereocenters. The topological polar surface area (TPSA) is 61.8 Å². The van der Waals surface area contributed by atoms with E-state index < -0.39 is 0 Å². The van der Waals surface area contributed by atoms with Gasteiger partial charge in [0.1, 0.15) is 11.9 Å². The summed E-state index contributed by atoms with van der Waals surface area (Å²) in [6.07, 6.45) is 6.60. The van der Waals surface area contributed by atoms with Crippen molar-refractivity contribution < 1.29 is 23.8 Å². The van der Waals surface area contributed by atoms with Crippen LogP contribution in [0.25, 0.3) is 11.1 Å². The Kier molecular flexibility index (Phi) is 8.67. The average Bonchev–Trinajstić information content (AvgIpc) is 3.16. The minimum atomic E-state index is -0.357. The zero-order valence-corrected chi connectivity index (χ0v) is 18.4. The summed E-state index contributed by atoms with van der Waals surface area (Å²) in [6.45, 7) is 8.25. The van der Waals surface area contributed by atoms with Gasteiger partial charge in [-0.25, -0.2) is 9.59 Å². The Morgan fingerprint density at radius 3 is 2.12 bits per heavy atom. The average molecular weight is 435 g/mol. The van der Waals surface area contributed by atoms with Crippen LogP contribution in [0.3, 0.4) is 0 Å². The molecule has 0 aromatic heterocycles. The Balaban J connectivity index is 1.35. The molecule has 2 aromatic rings. The van der Waals surface area contributed by atoms with Crippen LogP contribution in [-0.2, 0) is 19.1 Å². The van der Waals surface area contributed by atoms with Crippen molar-refractivity contribution >= 4 is 11.9 Å². The van der Waals surface area contributed by atoms with Crippen molar-refractivity contribution in [1.29, 1.82) is 0 Å². The standard InChI is InChI=1S/C27H30O5/c1-3-26(28)31-18-8-6-4-5-7-17-30-24-15-13-22(14-16-24)21-9-11-23(12-10-21)25-19-20(2)27(29)32-25/h3,9-16,25H,1-2,4-8,17-19H2. The highest BCUT2D eigenvalue weighted by molar-refractivity contribution is 5.90. The zero-order valence-electron chi connectivity index (χ0n) is 18.4. The lowest BCUT2D eigenvalue weighted by atomic mass is 10.00. The number of benzene rings is 2. The molecule has 1 aliphatic heterocycles. The Labute approximate surface area is 189 Å². The monoisotopic (exact) mass is 434 g/mol. The predicted octanol–water partition coefficient (Wildman–Crippen LogP) is 5.96. The van der Waals surface area contributed by atoms with E-state index in [4.69, 9.17) is 14.2 Å². The van der Waals surface area contributed by atoms with Gasteiger partial charge in [0.05, 0.1) is 13.2 Å². The third-order valence-corrected chi connectivity index (χ3v) is 5.41. The van der Waals surface area contributed by atoms with Crippen molar-refractivity contribution in [3.05, 3.63) is 78.9 Å². The summed E-state index contributed by atoms with van der Waals surface area (Å²) in [5.74, 6) is 0.198. The summed E-state index contributed by atoms with van der Waals surface area (Å²) in [7, 11) is 0. The van der Waals surface area contributed by atoms with Crippen LogP contribution in [-0.4, -0.2) is 25.2 Å². The first-order valence-electron chi connectivity index (χ1n) is 11.1. The van der Waals surface area contributed by atoms with Crippen LogP contribution in [0.2, 0.25) is 0 Å². The number of ether oxygens (including phenoxy) is 3. The number of carbonyl (C=O) groups is 2.